The van der Waals surface area contributed by atoms with Gasteiger partial charge in [0.15, 0.2) is 5.76 Å². The molecular formula is C34H35N3O4. The van der Waals surface area contributed by atoms with Gasteiger partial charge >= 0.3 is 0 Å². The Balaban J connectivity index is 1.20. The third kappa shape index (κ3) is 6.19. The van der Waals surface area contributed by atoms with Crippen molar-refractivity contribution in [3.05, 3.63) is 131 Å². The number of furan rings is 1. The number of methoxy groups -OCH3 is 1. The Morgan fingerprint density at radius 2 is 1.63 bits per heavy atom. The van der Waals surface area contributed by atoms with E-state index in [1.807, 2.05) is 61.0 Å². The van der Waals surface area contributed by atoms with Crippen LogP contribution in [0.3, 0.4) is 0 Å². The van der Waals surface area contributed by atoms with Crippen LogP contribution in [0, 0.1) is 13.8 Å². The van der Waals surface area contributed by atoms with Crippen molar-refractivity contribution in [2.75, 3.05) is 12.4 Å². The second kappa shape index (κ2) is 11.8. The molecule has 5 rings (SSSR count). The molecule has 7 nitrogen and oxygen atoms in total. The maximum absolute atomic E-state index is 13.0. The minimum absolute atomic E-state index is 0.120. The number of nitrogens with one attached hydrogen (secondary N) is 1. The lowest BCUT2D eigenvalue weighted by atomic mass is 9.78. The maximum Gasteiger partial charge on any atom is 0.291 e. The van der Waals surface area contributed by atoms with Gasteiger partial charge in [0.2, 0.25) is 0 Å². The van der Waals surface area contributed by atoms with Crippen LogP contribution >= 0.6 is 0 Å². The Kier molecular flexibility index (Phi) is 7.97. The Morgan fingerprint density at radius 3 is 2.37 bits per heavy atom. The Morgan fingerprint density at radius 1 is 0.902 bits per heavy atom. The highest BCUT2D eigenvalue weighted by Gasteiger charge is 2.23. The highest BCUT2D eigenvalue weighted by atomic mass is 16.5. The number of rotatable bonds is 10. The van der Waals surface area contributed by atoms with Gasteiger partial charge in [-0.15, -0.1) is 0 Å². The average molecular weight is 550 g/mol. The third-order valence-corrected chi connectivity index (χ3v) is 7.42. The molecule has 0 bridgehead atoms. The molecule has 0 unspecified atom stereocenters. The fourth-order valence-corrected chi connectivity index (χ4v) is 4.87. The molecule has 41 heavy (non-hydrogen) atoms. The number of hydrogen-bond acceptors (Lipinski definition) is 5. The van der Waals surface area contributed by atoms with E-state index in [-0.39, 0.29) is 23.7 Å². The molecule has 1 N–H and O–H groups in total. The molecule has 210 valence electrons. The predicted molar refractivity (Wildman–Crippen MR) is 160 cm³/mol. The fourth-order valence-electron chi connectivity index (χ4n) is 4.87. The number of anilines is 1. The van der Waals surface area contributed by atoms with Crippen LogP contribution in [0.15, 0.2) is 95.4 Å². The van der Waals surface area contributed by atoms with E-state index < -0.39 is 0 Å². The summed E-state index contributed by atoms with van der Waals surface area (Å²) in [4.78, 5) is 13.0. The fraction of sp³-hybridized carbons (Fsp3) is 0.235. The van der Waals surface area contributed by atoms with E-state index in [1.54, 1.807) is 19.2 Å². The lowest BCUT2D eigenvalue weighted by Gasteiger charge is -2.26. The van der Waals surface area contributed by atoms with Gasteiger partial charge in [-0.05, 0) is 66.9 Å². The van der Waals surface area contributed by atoms with E-state index in [2.05, 4.69) is 60.7 Å². The molecule has 7 heteroatoms. The van der Waals surface area contributed by atoms with Crippen LogP contribution in [0.5, 0.6) is 11.5 Å². The normalized spacial score (nSPS) is 11.3. The number of amides is 1. The van der Waals surface area contributed by atoms with Crippen molar-refractivity contribution in [3.8, 4) is 11.5 Å². The molecule has 3 aromatic carbocycles. The molecule has 0 aliphatic carbocycles. The van der Waals surface area contributed by atoms with Crippen molar-refractivity contribution in [2.24, 2.45) is 0 Å². The molecule has 2 aromatic heterocycles. The summed E-state index contributed by atoms with van der Waals surface area (Å²) < 4.78 is 18.9. The van der Waals surface area contributed by atoms with E-state index in [1.165, 1.54) is 11.1 Å². The summed E-state index contributed by atoms with van der Waals surface area (Å²) in [6.45, 7) is 9.00. The molecule has 0 radical (unpaired) electrons. The molecule has 0 saturated carbocycles. The zero-order chi connectivity index (χ0) is 29.0. The third-order valence-electron chi connectivity index (χ3n) is 7.42. The molecular weight excluding hydrogens is 514 g/mol. The zero-order valence-corrected chi connectivity index (χ0v) is 24.1. The first-order chi connectivity index (χ1) is 19.7. The molecule has 2 heterocycles. The van der Waals surface area contributed by atoms with Gasteiger partial charge in [-0.2, -0.15) is 5.10 Å². The number of carbonyl (C=O) groups excluding carboxylic acids is 1. The number of benzene rings is 3. The average Bonchev–Trinajstić information content (AvgIpc) is 3.57. The number of aryl methyl sites for hydroxylation is 1. The summed E-state index contributed by atoms with van der Waals surface area (Å²) in [6.07, 6.45) is 0. The first-order valence-corrected chi connectivity index (χ1v) is 13.6. The number of carbonyl (C=O) groups is 1. The topological polar surface area (TPSA) is 78.5 Å². The van der Waals surface area contributed by atoms with E-state index >= 15 is 0 Å². The Bertz CT molecular complexity index is 1630. The molecule has 5 aromatic rings. The number of nitrogens with zero attached hydrogens (tertiary/aromatic N) is 2. The lowest BCUT2D eigenvalue weighted by molar-refractivity contribution is 0.0992. The van der Waals surface area contributed by atoms with Crippen molar-refractivity contribution in [2.45, 2.75) is 46.3 Å². The van der Waals surface area contributed by atoms with Crippen molar-refractivity contribution >= 4 is 11.6 Å². The van der Waals surface area contributed by atoms with Gasteiger partial charge in [-0.1, -0.05) is 68.4 Å². The SMILES string of the molecule is COc1cccc(Cn2nc(C)c(NC(=O)c3ccc(COc4ccc(C(C)(C)c5ccccc5)cc4)o3)c2C)c1. The van der Waals surface area contributed by atoms with Gasteiger partial charge in [-0.25, -0.2) is 0 Å². The molecule has 0 aliphatic heterocycles. The van der Waals surface area contributed by atoms with Gasteiger partial charge in [-0.3, -0.25) is 9.48 Å². The van der Waals surface area contributed by atoms with Crippen molar-refractivity contribution in [3.63, 3.8) is 0 Å². The van der Waals surface area contributed by atoms with E-state index in [9.17, 15) is 4.79 Å². The minimum Gasteiger partial charge on any atom is -0.497 e. The summed E-state index contributed by atoms with van der Waals surface area (Å²) in [5, 5.41) is 7.59. The van der Waals surface area contributed by atoms with Crippen molar-refractivity contribution in [1.29, 1.82) is 0 Å². The van der Waals surface area contributed by atoms with Crippen LogP contribution in [-0.4, -0.2) is 22.8 Å². The standard InChI is InChI=1S/C34H35N3O4/c1-23-32(24(2)37(36-23)21-25-10-9-13-29(20-25)39-5)35-33(38)31-19-18-30(41-31)22-40-28-16-14-27(15-17-28)34(3,4)26-11-7-6-8-12-26/h6-20H,21-22H2,1-5H3,(H,35,38). The summed E-state index contributed by atoms with van der Waals surface area (Å²) in [5.74, 6) is 1.96. The zero-order valence-electron chi connectivity index (χ0n) is 24.1. The first kappa shape index (κ1) is 27.8. The van der Waals surface area contributed by atoms with Gasteiger partial charge in [0.05, 0.1) is 30.7 Å². The van der Waals surface area contributed by atoms with Crippen molar-refractivity contribution < 1.29 is 18.7 Å². The number of ether oxygens (including phenoxy) is 2. The predicted octanol–water partition coefficient (Wildman–Crippen LogP) is 7.31. The summed E-state index contributed by atoms with van der Waals surface area (Å²) in [7, 11) is 1.65. The van der Waals surface area contributed by atoms with Crippen LogP contribution in [0.1, 0.15) is 58.2 Å². The van der Waals surface area contributed by atoms with Crippen LogP contribution in [0.4, 0.5) is 5.69 Å². The number of aromatic nitrogens is 2. The van der Waals surface area contributed by atoms with E-state index in [0.29, 0.717) is 18.0 Å². The summed E-state index contributed by atoms with van der Waals surface area (Å²) >= 11 is 0. The second-order valence-electron chi connectivity index (χ2n) is 10.6. The molecule has 1 amide bonds. The minimum atomic E-state index is -0.337. The monoisotopic (exact) mass is 549 g/mol. The van der Waals surface area contributed by atoms with E-state index in [4.69, 9.17) is 13.9 Å². The highest BCUT2D eigenvalue weighted by molar-refractivity contribution is 6.02. The van der Waals surface area contributed by atoms with Crippen molar-refractivity contribution in [1.82, 2.24) is 9.78 Å². The Hall–Kier alpha value is -4.78. The maximum atomic E-state index is 13.0. The van der Waals surface area contributed by atoms with Gasteiger partial charge < -0.3 is 19.2 Å². The Labute approximate surface area is 240 Å². The molecule has 0 fully saturated rings. The smallest absolute Gasteiger partial charge is 0.291 e. The second-order valence-corrected chi connectivity index (χ2v) is 10.6. The quantitative estimate of drug-likeness (QED) is 0.198. The van der Waals surface area contributed by atoms with Gasteiger partial charge in [0.25, 0.3) is 5.91 Å². The van der Waals surface area contributed by atoms with Crippen LogP contribution in [-0.2, 0) is 18.6 Å². The summed E-state index contributed by atoms with van der Waals surface area (Å²) in [6, 6.07) is 29.8. The molecule has 0 saturated heterocycles. The van der Waals surface area contributed by atoms with E-state index in [0.717, 1.165) is 28.5 Å². The van der Waals surface area contributed by atoms with Crippen LogP contribution < -0.4 is 14.8 Å². The largest absolute Gasteiger partial charge is 0.497 e. The van der Waals surface area contributed by atoms with Gasteiger partial charge in [0, 0.05) is 5.41 Å². The number of hydrogen-bond donors (Lipinski definition) is 1. The molecule has 0 atom stereocenters. The van der Waals surface area contributed by atoms with Gasteiger partial charge in [0.1, 0.15) is 23.9 Å². The highest BCUT2D eigenvalue weighted by Crippen LogP contribution is 2.32. The first-order valence-electron chi connectivity index (χ1n) is 13.6. The summed E-state index contributed by atoms with van der Waals surface area (Å²) in [5.41, 5.74) is 5.64. The molecule has 0 aliphatic rings. The lowest BCUT2D eigenvalue weighted by Crippen LogP contribution is -2.18. The molecule has 0 spiro atoms. The van der Waals surface area contributed by atoms with Crippen LogP contribution in [0.25, 0.3) is 0 Å². The van der Waals surface area contributed by atoms with Crippen LogP contribution in [0.2, 0.25) is 0 Å².